The molecule has 0 saturated carbocycles. The maximum Gasteiger partial charge on any atom is 0.573 e. The van der Waals surface area contributed by atoms with Gasteiger partial charge in [-0.25, -0.2) is 14.4 Å². The van der Waals surface area contributed by atoms with Gasteiger partial charge in [0, 0.05) is 16.7 Å². The molecule has 0 bridgehead atoms. The summed E-state index contributed by atoms with van der Waals surface area (Å²) in [5, 5.41) is 31.1. The van der Waals surface area contributed by atoms with Gasteiger partial charge in [0.05, 0.1) is 16.7 Å². The number of carbonyl (C=O) groups is 3. The number of halogens is 6. The van der Waals surface area contributed by atoms with Crippen molar-refractivity contribution in [2.75, 3.05) is 0 Å². The Balaban J connectivity index is 2.18. The molecular formula is C30H18F6O8. The number of alkyl halides is 6. The fraction of sp³-hybridized carbons (Fsp3) is 0.100. The zero-order chi connectivity index (χ0) is 32.6. The van der Waals surface area contributed by atoms with E-state index in [2.05, 4.69) is 9.47 Å². The molecule has 0 atom stereocenters. The summed E-state index contributed by atoms with van der Waals surface area (Å²) < 4.78 is 84.2. The lowest BCUT2D eigenvalue weighted by Crippen LogP contribution is -2.18. The van der Waals surface area contributed by atoms with E-state index < -0.39 is 75.5 Å². The topological polar surface area (TPSA) is 130 Å². The molecule has 0 unspecified atom stereocenters. The zero-order valence-electron chi connectivity index (χ0n) is 22.1. The van der Waals surface area contributed by atoms with E-state index >= 15 is 0 Å². The monoisotopic (exact) mass is 620 g/mol. The Morgan fingerprint density at radius 3 is 0.977 bits per heavy atom. The lowest BCUT2D eigenvalue weighted by Gasteiger charge is -2.23. The minimum absolute atomic E-state index is 0.0267. The number of aryl methyl sites for hydroxylation is 1. The van der Waals surface area contributed by atoms with Crippen molar-refractivity contribution in [3.8, 4) is 44.9 Å². The summed E-state index contributed by atoms with van der Waals surface area (Å²) in [6.07, 6.45) is -10.1. The fourth-order valence-corrected chi connectivity index (χ4v) is 4.62. The number of carboxylic acids is 3. The van der Waals surface area contributed by atoms with E-state index in [1.54, 1.807) is 6.92 Å². The van der Waals surface area contributed by atoms with Gasteiger partial charge in [0.2, 0.25) is 0 Å². The van der Waals surface area contributed by atoms with Gasteiger partial charge in [0.25, 0.3) is 0 Å². The van der Waals surface area contributed by atoms with Crippen molar-refractivity contribution < 1.29 is 65.5 Å². The number of rotatable bonds is 8. The van der Waals surface area contributed by atoms with E-state index in [0.29, 0.717) is 5.56 Å². The minimum atomic E-state index is -5.07. The SMILES string of the molecule is Cc1ccc(-c2c(C(=O)O)c(-c3ccc(OC(F)(F)F)cc3)c(C(=O)O)c(-c3ccc(OC(F)(F)F)cc3)c2C(=O)O)cc1. The van der Waals surface area contributed by atoms with Crippen molar-refractivity contribution in [3.63, 3.8) is 0 Å². The van der Waals surface area contributed by atoms with Crippen molar-refractivity contribution in [1.82, 2.24) is 0 Å². The number of hydrogen-bond donors (Lipinski definition) is 3. The minimum Gasteiger partial charge on any atom is -0.478 e. The van der Waals surface area contributed by atoms with Crippen LogP contribution < -0.4 is 9.47 Å². The average molecular weight is 620 g/mol. The first-order chi connectivity index (χ1) is 20.5. The molecule has 3 N–H and O–H groups in total. The Bertz CT molecular complexity index is 1640. The average Bonchev–Trinajstić information content (AvgIpc) is 2.91. The van der Waals surface area contributed by atoms with Gasteiger partial charge in [0.15, 0.2) is 0 Å². The molecular weight excluding hydrogens is 602 g/mol. The predicted octanol–water partition coefficient (Wildman–Crippen LogP) is 7.89. The van der Waals surface area contributed by atoms with Gasteiger partial charge in [-0.2, -0.15) is 0 Å². The number of ether oxygens (including phenoxy) is 2. The second-order valence-electron chi connectivity index (χ2n) is 9.18. The summed E-state index contributed by atoms with van der Waals surface area (Å²) in [6, 6.07) is 12.9. The second-order valence-corrected chi connectivity index (χ2v) is 9.18. The summed E-state index contributed by atoms with van der Waals surface area (Å²) in [5.41, 5.74) is -3.83. The van der Waals surface area contributed by atoms with Crippen LogP contribution in [-0.4, -0.2) is 46.0 Å². The third kappa shape index (κ3) is 6.75. The molecule has 4 aromatic carbocycles. The number of benzene rings is 4. The van der Waals surface area contributed by atoms with Crippen molar-refractivity contribution >= 4 is 17.9 Å². The third-order valence-corrected chi connectivity index (χ3v) is 6.23. The van der Waals surface area contributed by atoms with E-state index in [1.807, 2.05) is 0 Å². The van der Waals surface area contributed by atoms with Crippen LogP contribution in [0.15, 0.2) is 72.8 Å². The van der Waals surface area contributed by atoms with E-state index in [1.165, 1.54) is 24.3 Å². The molecule has 228 valence electrons. The van der Waals surface area contributed by atoms with Crippen LogP contribution in [0.2, 0.25) is 0 Å². The Labute approximate surface area is 243 Å². The third-order valence-electron chi connectivity index (χ3n) is 6.23. The van der Waals surface area contributed by atoms with Crippen molar-refractivity contribution in [3.05, 3.63) is 95.1 Å². The summed E-state index contributed by atoms with van der Waals surface area (Å²) >= 11 is 0. The molecule has 0 fully saturated rings. The normalized spacial score (nSPS) is 11.6. The van der Waals surface area contributed by atoms with Crippen LogP contribution in [0.25, 0.3) is 33.4 Å². The van der Waals surface area contributed by atoms with Crippen molar-refractivity contribution in [2.45, 2.75) is 19.6 Å². The van der Waals surface area contributed by atoms with Crippen LogP contribution in [0.1, 0.15) is 36.6 Å². The molecule has 0 amide bonds. The van der Waals surface area contributed by atoms with Crippen molar-refractivity contribution in [1.29, 1.82) is 0 Å². The molecule has 0 aliphatic rings. The number of carboxylic acid groups (broad SMARTS) is 3. The molecule has 8 nitrogen and oxygen atoms in total. The molecule has 44 heavy (non-hydrogen) atoms. The molecule has 0 saturated heterocycles. The van der Waals surface area contributed by atoms with Gasteiger partial charge < -0.3 is 24.8 Å². The first kappa shape index (κ1) is 31.4. The van der Waals surface area contributed by atoms with E-state index in [-0.39, 0.29) is 16.7 Å². The summed E-state index contributed by atoms with van der Waals surface area (Å²) in [4.78, 5) is 38.4. The molecule has 4 rings (SSSR count). The maximum absolute atomic E-state index is 12.8. The fourth-order valence-electron chi connectivity index (χ4n) is 4.62. The van der Waals surface area contributed by atoms with Gasteiger partial charge >= 0.3 is 30.6 Å². The Morgan fingerprint density at radius 1 is 0.500 bits per heavy atom. The van der Waals surface area contributed by atoms with Gasteiger partial charge in [-0.3, -0.25) is 0 Å². The Hall–Kier alpha value is -5.53. The second kappa shape index (κ2) is 11.6. The molecule has 0 aromatic heterocycles. The lowest BCUT2D eigenvalue weighted by atomic mass is 9.79. The molecule has 0 heterocycles. The molecule has 0 aliphatic carbocycles. The van der Waals surface area contributed by atoms with Crippen molar-refractivity contribution in [2.24, 2.45) is 0 Å². The molecule has 0 radical (unpaired) electrons. The first-order valence-corrected chi connectivity index (χ1v) is 12.2. The molecule has 0 spiro atoms. The quantitative estimate of drug-likeness (QED) is 0.170. The molecule has 4 aromatic rings. The first-order valence-electron chi connectivity index (χ1n) is 12.2. The highest BCUT2D eigenvalue weighted by atomic mass is 19.4. The van der Waals surface area contributed by atoms with Gasteiger partial charge in [-0.15, -0.1) is 26.3 Å². The highest BCUT2D eigenvalue weighted by Crippen LogP contribution is 2.46. The van der Waals surface area contributed by atoms with E-state index in [4.69, 9.17) is 0 Å². The maximum atomic E-state index is 12.8. The standard InChI is InChI=1S/C30H18F6O8/c1-14-2-4-15(5-3-14)20-23(26(37)38)21(16-6-10-18(11-7-16)43-29(31,32)33)25(28(41)42)22(24(20)27(39)40)17-8-12-19(13-9-17)44-30(34,35)36/h2-13H,1H3,(H,37,38)(H,39,40)(H,41,42). The van der Waals surface area contributed by atoms with Crippen LogP contribution in [0, 0.1) is 6.92 Å². The smallest absolute Gasteiger partial charge is 0.478 e. The number of hydrogen-bond acceptors (Lipinski definition) is 5. The van der Waals surface area contributed by atoms with Gasteiger partial charge in [-0.1, -0.05) is 54.1 Å². The van der Waals surface area contributed by atoms with Crippen LogP contribution in [0.4, 0.5) is 26.3 Å². The zero-order valence-corrected chi connectivity index (χ0v) is 22.1. The highest BCUT2D eigenvalue weighted by molar-refractivity contribution is 6.19. The molecule has 14 heteroatoms. The van der Waals surface area contributed by atoms with Crippen LogP contribution in [-0.2, 0) is 0 Å². The van der Waals surface area contributed by atoms with E-state index in [0.717, 1.165) is 48.5 Å². The Morgan fingerprint density at radius 2 is 0.750 bits per heavy atom. The lowest BCUT2D eigenvalue weighted by molar-refractivity contribution is -0.275. The molecule has 0 aliphatic heterocycles. The summed E-state index contributed by atoms with van der Waals surface area (Å²) in [7, 11) is 0. The number of aromatic carboxylic acids is 3. The summed E-state index contributed by atoms with van der Waals surface area (Å²) in [6.45, 7) is 1.69. The highest BCUT2D eigenvalue weighted by Gasteiger charge is 2.36. The largest absolute Gasteiger partial charge is 0.573 e. The summed E-state index contributed by atoms with van der Waals surface area (Å²) in [5.74, 6) is -6.79. The van der Waals surface area contributed by atoms with E-state index in [9.17, 15) is 56.0 Å². The van der Waals surface area contributed by atoms with Crippen LogP contribution >= 0.6 is 0 Å². The van der Waals surface area contributed by atoms with Gasteiger partial charge in [0.1, 0.15) is 11.5 Å². The van der Waals surface area contributed by atoms with Crippen LogP contribution in [0.3, 0.4) is 0 Å². The Kier molecular flexibility index (Phi) is 8.30. The predicted molar refractivity (Wildman–Crippen MR) is 142 cm³/mol. The van der Waals surface area contributed by atoms with Gasteiger partial charge in [-0.05, 0) is 47.9 Å². The van der Waals surface area contributed by atoms with Crippen LogP contribution in [0.5, 0.6) is 11.5 Å².